The smallest absolute Gasteiger partial charge is 0.213 e. The zero-order chi connectivity index (χ0) is 13.8. The average Bonchev–Trinajstić information content (AvgIpc) is 2.53. The minimum atomic E-state index is 0.637. The first-order valence-electron chi connectivity index (χ1n) is 7.35. The highest BCUT2D eigenvalue weighted by Crippen LogP contribution is 2.26. The summed E-state index contributed by atoms with van der Waals surface area (Å²) in [6.07, 6.45) is 13.1. The van der Waals surface area contributed by atoms with Gasteiger partial charge in [-0.1, -0.05) is 31.4 Å². The summed E-state index contributed by atoms with van der Waals surface area (Å²) in [6, 6.07) is 5.83. The third-order valence-corrected chi connectivity index (χ3v) is 4.00. The summed E-state index contributed by atoms with van der Waals surface area (Å²) < 4.78 is 5.21. The Hall–Kier alpha value is -1.90. The molecule has 2 aromatic rings. The van der Waals surface area contributed by atoms with E-state index in [1.807, 2.05) is 24.4 Å². The molecule has 3 heteroatoms. The Morgan fingerprint density at radius 1 is 1.15 bits per heavy atom. The molecule has 104 valence electrons. The van der Waals surface area contributed by atoms with E-state index in [9.17, 15) is 0 Å². The highest BCUT2D eigenvalue weighted by molar-refractivity contribution is 5.84. The molecule has 0 aromatic carbocycles. The van der Waals surface area contributed by atoms with E-state index in [0.717, 1.165) is 22.5 Å². The fourth-order valence-corrected chi connectivity index (χ4v) is 2.84. The molecule has 0 unspecified atom stereocenters. The first kappa shape index (κ1) is 13.1. The summed E-state index contributed by atoms with van der Waals surface area (Å²) in [7, 11) is 1.64. The summed E-state index contributed by atoms with van der Waals surface area (Å²) in [6.45, 7) is 0. The monoisotopic (exact) mass is 268 g/mol. The van der Waals surface area contributed by atoms with Crippen LogP contribution in [0.3, 0.4) is 0 Å². The van der Waals surface area contributed by atoms with Crippen molar-refractivity contribution in [3.05, 3.63) is 36.0 Å². The minimum absolute atomic E-state index is 0.637. The van der Waals surface area contributed by atoms with Crippen LogP contribution in [0.5, 0.6) is 5.88 Å². The van der Waals surface area contributed by atoms with Gasteiger partial charge in [-0.25, -0.2) is 4.98 Å². The van der Waals surface area contributed by atoms with Crippen LogP contribution in [0.25, 0.3) is 17.1 Å². The lowest BCUT2D eigenvalue weighted by molar-refractivity contribution is 0.399. The molecular formula is C17H20N2O. The Kier molecular flexibility index (Phi) is 3.95. The number of ether oxygens (including phenoxy) is 1. The van der Waals surface area contributed by atoms with Crippen molar-refractivity contribution >= 4 is 17.1 Å². The number of hydrogen-bond donors (Lipinski definition) is 0. The second-order valence-electron chi connectivity index (χ2n) is 5.38. The van der Waals surface area contributed by atoms with Crippen molar-refractivity contribution in [2.75, 3.05) is 7.11 Å². The number of pyridine rings is 2. The van der Waals surface area contributed by atoms with E-state index < -0.39 is 0 Å². The quantitative estimate of drug-likeness (QED) is 0.835. The van der Waals surface area contributed by atoms with Gasteiger partial charge in [-0.2, -0.15) is 0 Å². The van der Waals surface area contributed by atoms with Gasteiger partial charge in [-0.15, -0.1) is 0 Å². The number of nitrogens with zero attached hydrogens (tertiary/aromatic N) is 2. The lowest BCUT2D eigenvalue weighted by atomic mass is 9.89. The molecule has 1 fully saturated rings. The average molecular weight is 268 g/mol. The van der Waals surface area contributed by atoms with Crippen LogP contribution in [0.1, 0.15) is 37.7 Å². The lowest BCUT2D eigenvalue weighted by Crippen LogP contribution is -2.02. The Labute approximate surface area is 119 Å². The summed E-state index contributed by atoms with van der Waals surface area (Å²) in [5, 5.41) is 0. The van der Waals surface area contributed by atoms with Gasteiger partial charge in [-0.3, -0.25) is 4.98 Å². The number of hydrogen-bond acceptors (Lipinski definition) is 3. The van der Waals surface area contributed by atoms with Crippen molar-refractivity contribution in [1.29, 1.82) is 0 Å². The van der Waals surface area contributed by atoms with Crippen LogP contribution >= 0.6 is 0 Å². The third-order valence-electron chi connectivity index (χ3n) is 4.00. The number of fused-ring (bicyclic) bond motifs is 1. The molecule has 0 bridgehead atoms. The number of aromatic nitrogens is 2. The first-order chi connectivity index (χ1) is 9.86. The molecule has 0 aliphatic heterocycles. The molecule has 0 N–H and O–H groups in total. The van der Waals surface area contributed by atoms with Crippen molar-refractivity contribution in [3.8, 4) is 5.88 Å². The van der Waals surface area contributed by atoms with Gasteiger partial charge in [0.25, 0.3) is 0 Å². The number of methoxy groups -OCH3 is 1. The van der Waals surface area contributed by atoms with Crippen LogP contribution in [-0.4, -0.2) is 17.1 Å². The summed E-state index contributed by atoms with van der Waals surface area (Å²) in [4.78, 5) is 8.88. The summed E-state index contributed by atoms with van der Waals surface area (Å²) in [5.41, 5.74) is 2.95. The van der Waals surface area contributed by atoms with Gasteiger partial charge in [-0.05, 0) is 30.9 Å². The van der Waals surface area contributed by atoms with E-state index in [2.05, 4.69) is 22.1 Å². The van der Waals surface area contributed by atoms with E-state index in [1.54, 1.807) is 7.11 Å². The molecule has 0 atom stereocenters. The van der Waals surface area contributed by atoms with E-state index >= 15 is 0 Å². The minimum Gasteiger partial charge on any atom is -0.481 e. The zero-order valence-corrected chi connectivity index (χ0v) is 11.9. The predicted octanol–water partition coefficient (Wildman–Crippen LogP) is 4.23. The van der Waals surface area contributed by atoms with Crippen molar-refractivity contribution in [3.63, 3.8) is 0 Å². The zero-order valence-electron chi connectivity index (χ0n) is 11.9. The Morgan fingerprint density at radius 3 is 2.80 bits per heavy atom. The second kappa shape index (κ2) is 6.04. The molecule has 2 aromatic heterocycles. The molecule has 1 saturated carbocycles. The molecule has 0 radical (unpaired) electrons. The Balaban J connectivity index is 1.91. The van der Waals surface area contributed by atoms with Crippen molar-refractivity contribution in [2.45, 2.75) is 32.1 Å². The van der Waals surface area contributed by atoms with Crippen molar-refractivity contribution in [1.82, 2.24) is 9.97 Å². The molecule has 0 saturated heterocycles. The van der Waals surface area contributed by atoms with Gasteiger partial charge in [0, 0.05) is 17.8 Å². The van der Waals surface area contributed by atoms with E-state index in [4.69, 9.17) is 4.74 Å². The van der Waals surface area contributed by atoms with Gasteiger partial charge in [0.05, 0.1) is 18.1 Å². The highest BCUT2D eigenvalue weighted by atomic mass is 16.5. The standard InChI is InChI=1S/C17H20N2O/c1-20-16-10-9-15-17(19-16)14(11-12-18-15)8-7-13-5-3-2-4-6-13/h7-13H,2-6H2,1H3/b8-7+. The van der Waals surface area contributed by atoms with Gasteiger partial charge in [0.15, 0.2) is 0 Å². The van der Waals surface area contributed by atoms with Gasteiger partial charge in [0.1, 0.15) is 0 Å². The fraction of sp³-hybridized carbons (Fsp3) is 0.412. The van der Waals surface area contributed by atoms with Crippen LogP contribution < -0.4 is 4.74 Å². The van der Waals surface area contributed by atoms with Crippen LogP contribution in [0, 0.1) is 5.92 Å². The molecule has 3 nitrogen and oxygen atoms in total. The maximum atomic E-state index is 5.21. The molecule has 0 spiro atoms. The highest BCUT2D eigenvalue weighted by Gasteiger charge is 2.10. The SMILES string of the molecule is COc1ccc2nccc(/C=C/C3CCCCC3)c2n1. The van der Waals surface area contributed by atoms with Crippen LogP contribution in [0.15, 0.2) is 30.5 Å². The molecule has 1 aliphatic carbocycles. The number of rotatable bonds is 3. The van der Waals surface area contributed by atoms with Gasteiger partial charge in [0.2, 0.25) is 5.88 Å². The predicted molar refractivity (Wildman–Crippen MR) is 81.7 cm³/mol. The molecular weight excluding hydrogens is 248 g/mol. The summed E-state index contributed by atoms with van der Waals surface area (Å²) >= 11 is 0. The van der Waals surface area contributed by atoms with Crippen LogP contribution in [-0.2, 0) is 0 Å². The van der Waals surface area contributed by atoms with Crippen molar-refractivity contribution in [2.24, 2.45) is 5.92 Å². The van der Waals surface area contributed by atoms with E-state index in [0.29, 0.717) is 5.88 Å². The third kappa shape index (κ3) is 2.82. The molecule has 2 heterocycles. The topological polar surface area (TPSA) is 35.0 Å². The van der Waals surface area contributed by atoms with Crippen LogP contribution in [0.4, 0.5) is 0 Å². The summed E-state index contributed by atoms with van der Waals surface area (Å²) in [5.74, 6) is 1.36. The van der Waals surface area contributed by atoms with Gasteiger partial charge >= 0.3 is 0 Å². The molecule has 1 aliphatic rings. The fourth-order valence-electron chi connectivity index (χ4n) is 2.84. The normalized spacial score (nSPS) is 16.9. The second-order valence-corrected chi connectivity index (χ2v) is 5.38. The number of allylic oxidation sites excluding steroid dienone is 1. The van der Waals surface area contributed by atoms with Crippen LogP contribution in [0.2, 0.25) is 0 Å². The maximum absolute atomic E-state index is 5.21. The van der Waals surface area contributed by atoms with Gasteiger partial charge < -0.3 is 4.74 Å². The largest absolute Gasteiger partial charge is 0.481 e. The maximum Gasteiger partial charge on any atom is 0.213 e. The lowest BCUT2D eigenvalue weighted by Gasteiger charge is -2.17. The first-order valence-corrected chi connectivity index (χ1v) is 7.35. The molecule has 3 rings (SSSR count). The van der Waals surface area contributed by atoms with E-state index in [1.165, 1.54) is 32.1 Å². The van der Waals surface area contributed by atoms with E-state index in [-0.39, 0.29) is 0 Å². The Morgan fingerprint density at radius 2 is 2.00 bits per heavy atom. The molecule has 20 heavy (non-hydrogen) atoms. The molecule has 0 amide bonds. The Bertz CT molecular complexity index is 615. The van der Waals surface area contributed by atoms with Crippen molar-refractivity contribution < 1.29 is 4.74 Å².